The van der Waals surface area contributed by atoms with E-state index in [0.717, 1.165) is 12.1 Å². The number of fused-ring (bicyclic) bond motifs is 4. The number of ether oxygens (including phenoxy) is 1. The molecule has 34 heavy (non-hydrogen) atoms. The van der Waals surface area contributed by atoms with Crippen molar-refractivity contribution < 1.29 is 18.7 Å². The fraction of sp³-hybridized carbons (Fsp3) is 0.269. The second-order valence-corrected chi connectivity index (χ2v) is 8.75. The molecule has 1 saturated heterocycles. The number of nitrogens with zero attached hydrogens (tertiary/aromatic N) is 2. The van der Waals surface area contributed by atoms with Crippen molar-refractivity contribution in [3.05, 3.63) is 94.2 Å². The van der Waals surface area contributed by atoms with E-state index >= 15 is 0 Å². The van der Waals surface area contributed by atoms with E-state index in [9.17, 15) is 18.8 Å². The van der Waals surface area contributed by atoms with Gasteiger partial charge in [-0.1, -0.05) is 18.2 Å². The van der Waals surface area contributed by atoms with Gasteiger partial charge in [-0.2, -0.15) is 0 Å². The molecule has 2 atom stereocenters. The van der Waals surface area contributed by atoms with Gasteiger partial charge in [-0.25, -0.2) is 4.39 Å². The molecule has 0 spiro atoms. The van der Waals surface area contributed by atoms with Gasteiger partial charge in [0.15, 0.2) is 6.61 Å². The van der Waals surface area contributed by atoms with Crippen molar-refractivity contribution in [1.82, 2.24) is 9.47 Å². The highest BCUT2D eigenvalue weighted by atomic mass is 19.1. The molecule has 0 radical (unpaired) electrons. The van der Waals surface area contributed by atoms with E-state index in [0.29, 0.717) is 25.4 Å². The lowest BCUT2D eigenvalue weighted by Gasteiger charge is -2.42. The first-order valence-electron chi connectivity index (χ1n) is 11.2. The third-order valence-electron chi connectivity index (χ3n) is 6.42. The van der Waals surface area contributed by atoms with Crippen LogP contribution in [0.25, 0.3) is 0 Å². The van der Waals surface area contributed by atoms with Crippen LogP contribution in [0.15, 0.2) is 71.5 Å². The maximum atomic E-state index is 13.1. The summed E-state index contributed by atoms with van der Waals surface area (Å²) in [5.41, 5.74) is 1.05. The summed E-state index contributed by atoms with van der Waals surface area (Å²) < 4.78 is 20.5. The molecule has 7 nitrogen and oxygen atoms in total. The first-order chi connectivity index (χ1) is 16.5. The number of halogens is 1. The average molecular weight is 461 g/mol. The second-order valence-electron chi connectivity index (χ2n) is 8.75. The summed E-state index contributed by atoms with van der Waals surface area (Å²) in [6.07, 6.45) is 0.907. The number of hydrogen-bond acceptors (Lipinski definition) is 4. The zero-order valence-corrected chi connectivity index (χ0v) is 18.4. The van der Waals surface area contributed by atoms with Gasteiger partial charge in [-0.05, 0) is 60.9 Å². The Bertz CT molecular complexity index is 1270. The highest BCUT2D eigenvalue weighted by molar-refractivity contribution is 6.04. The zero-order chi connectivity index (χ0) is 23.7. The Kier molecular flexibility index (Phi) is 5.88. The summed E-state index contributed by atoms with van der Waals surface area (Å²) in [7, 11) is 0. The summed E-state index contributed by atoms with van der Waals surface area (Å²) in [5.74, 6) is -0.131. The predicted octanol–water partition coefficient (Wildman–Crippen LogP) is 3.26. The number of pyridine rings is 1. The SMILES string of the molecule is O=C(Nc1ccc2n(c1=O)CC1CC2CN(C(=O)COc2ccccc2)C1)c1ccc(F)cc1. The molecule has 0 aliphatic carbocycles. The number of benzene rings is 2. The minimum Gasteiger partial charge on any atom is -0.484 e. The number of nitrogens with one attached hydrogen (secondary N) is 1. The van der Waals surface area contributed by atoms with Crippen LogP contribution in [-0.4, -0.2) is 41.0 Å². The molecule has 3 heterocycles. The lowest BCUT2D eigenvalue weighted by atomic mass is 9.83. The number of rotatable bonds is 5. The molecule has 2 aromatic carbocycles. The maximum Gasteiger partial charge on any atom is 0.274 e. The molecule has 2 amide bonds. The molecule has 8 heteroatoms. The Balaban J connectivity index is 1.29. The van der Waals surface area contributed by atoms with Gasteiger partial charge in [0, 0.05) is 36.8 Å². The van der Waals surface area contributed by atoms with Crippen molar-refractivity contribution >= 4 is 17.5 Å². The van der Waals surface area contributed by atoms with Crippen LogP contribution in [0.2, 0.25) is 0 Å². The number of anilines is 1. The number of likely N-dealkylation sites (tertiary alicyclic amines) is 1. The summed E-state index contributed by atoms with van der Waals surface area (Å²) in [5, 5.41) is 2.65. The van der Waals surface area contributed by atoms with Gasteiger partial charge in [0.2, 0.25) is 0 Å². The lowest BCUT2D eigenvalue weighted by molar-refractivity contribution is -0.136. The van der Waals surface area contributed by atoms with Crippen molar-refractivity contribution in [1.29, 1.82) is 0 Å². The second kappa shape index (κ2) is 9.13. The Morgan fingerprint density at radius 2 is 1.74 bits per heavy atom. The molecule has 2 aliphatic rings. The number of para-hydroxylation sites is 1. The first kappa shape index (κ1) is 21.9. The Labute approximate surface area is 195 Å². The average Bonchev–Trinajstić information content (AvgIpc) is 2.85. The molecule has 1 fully saturated rings. The monoisotopic (exact) mass is 461 g/mol. The summed E-state index contributed by atoms with van der Waals surface area (Å²) in [4.78, 5) is 40.2. The largest absolute Gasteiger partial charge is 0.484 e. The van der Waals surface area contributed by atoms with Crippen LogP contribution in [-0.2, 0) is 11.3 Å². The van der Waals surface area contributed by atoms with E-state index in [-0.39, 0.29) is 41.2 Å². The van der Waals surface area contributed by atoms with Gasteiger partial charge in [-0.15, -0.1) is 0 Å². The van der Waals surface area contributed by atoms with Crippen LogP contribution in [0, 0.1) is 11.7 Å². The fourth-order valence-corrected chi connectivity index (χ4v) is 4.79. The van der Waals surface area contributed by atoms with Crippen LogP contribution in [0.3, 0.4) is 0 Å². The highest BCUT2D eigenvalue weighted by Crippen LogP contribution is 2.35. The van der Waals surface area contributed by atoms with Crippen molar-refractivity contribution in [2.24, 2.45) is 5.92 Å². The highest BCUT2D eigenvalue weighted by Gasteiger charge is 2.36. The molecule has 1 N–H and O–H groups in total. The molecule has 174 valence electrons. The Morgan fingerprint density at radius 1 is 0.971 bits per heavy atom. The van der Waals surface area contributed by atoms with Crippen LogP contribution in [0.5, 0.6) is 5.75 Å². The molecular formula is C26H24FN3O4. The smallest absolute Gasteiger partial charge is 0.274 e. The standard InChI is InChI=1S/C26H24FN3O4/c27-20-8-6-18(7-9-20)25(32)28-22-10-11-23-19-12-17(14-30(23)26(22)33)13-29(15-19)24(31)16-34-21-4-2-1-3-5-21/h1-11,17,19H,12-16H2,(H,28,32). The molecule has 1 aromatic heterocycles. The number of piperidine rings is 1. The van der Waals surface area contributed by atoms with E-state index in [1.807, 2.05) is 41.3 Å². The number of carbonyl (C=O) groups is 2. The quantitative estimate of drug-likeness (QED) is 0.633. The third kappa shape index (κ3) is 4.44. The van der Waals surface area contributed by atoms with Crippen LogP contribution in [0.4, 0.5) is 10.1 Å². The summed E-state index contributed by atoms with van der Waals surface area (Å²) in [6, 6.07) is 17.8. The van der Waals surface area contributed by atoms with Gasteiger partial charge < -0.3 is 19.5 Å². The molecular weight excluding hydrogens is 437 g/mol. The molecule has 2 aliphatic heterocycles. The number of hydrogen-bond donors (Lipinski definition) is 1. The van der Waals surface area contributed by atoms with Crippen LogP contribution >= 0.6 is 0 Å². The van der Waals surface area contributed by atoms with Crippen molar-refractivity contribution in [2.45, 2.75) is 18.9 Å². The van der Waals surface area contributed by atoms with Crippen LogP contribution in [0.1, 0.15) is 28.4 Å². The summed E-state index contributed by atoms with van der Waals surface area (Å²) in [6.45, 7) is 1.54. The number of carbonyl (C=O) groups excluding carboxylic acids is 2. The zero-order valence-electron chi connectivity index (χ0n) is 18.4. The van der Waals surface area contributed by atoms with E-state index in [2.05, 4.69) is 5.32 Å². The summed E-state index contributed by atoms with van der Waals surface area (Å²) >= 11 is 0. The number of amides is 2. The third-order valence-corrected chi connectivity index (χ3v) is 6.42. The first-order valence-corrected chi connectivity index (χ1v) is 11.2. The van der Waals surface area contributed by atoms with Crippen molar-refractivity contribution in [2.75, 3.05) is 25.0 Å². The van der Waals surface area contributed by atoms with Gasteiger partial charge >= 0.3 is 0 Å². The molecule has 2 bridgehead atoms. The van der Waals surface area contributed by atoms with E-state index in [4.69, 9.17) is 4.74 Å². The molecule has 0 saturated carbocycles. The van der Waals surface area contributed by atoms with Crippen LogP contribution < -0.4 is 15.6 Å². The van der Waals surface area contributed by atoms with Crippen molar-refractivity contribution in [3.63, 3.8) is 0 Å². The normalized spacial score (nSPS) is 18.7. The fourth-order valence-electron chi connectivity index (χ4n) is 4.79. The minimum absolute atomic E-state index is 0.0232. The Morgan fingerprint density at radius 3 is 2.50 bits per heavy atom. The topological polar surface area (TPSA) is 80.6 Å². The Hall–Kier alpha value is -3.94. The van der Waals surface area contributed by atoms with Gasteiger partial charge in [0.1, 0.15) is 17.3 Å². The van der Waals surface area contributed by atoms with E-state index in [1.54, 1.807) is 10.6 Å². The number of aromatic nitrogens is 1. The molecule has 3 aromatic rings. The minimum atomic E-state index is -0.469. The van der Waals surface area contributed by atoms with Gasteiger partial charge in [0.05, 0.1) is 0 Å². The van der Waals surface area contributed by atoms with E-state index in [1.165, 1.54) is 24.3 Å². The lowest BCUT2D eigenvalue weighted by Crippen LogP contribution is -2.50. The molecule has 5 rings (SSSR count). The van der Waals surface area contributed by atoms with Crippen molar-refractivity contribution in [3.8, 4) is 5.75 Å². The van der Waals surface area contributed by atoms with E-state index < -0.39 is 11.7 Å². The predicted molar refractivity (Wildman–Crippen MR) is 124 cm³/mol. The maximum absolute atomic E-state index is 13.1. The molecule has 2 unspecified atom stereocenters. The van der Waals surface area contributed by atoms with Gasteiger partial charge in [-0.3, -0.25) is 14.4 Å². The van der Waals surface area contributed by atoms with Gasteiger partial charge in [0.25, 0.3) is 17.4 Å².